The van der Waals surface area contributed by atoms with Crippen LogP contribution >= 0.6 is 0 Å². The second-order valence-corrected chi connectivity index (χ2v) is 6.31. The van der Waals surface area contributed by atoms with Crippen molar-refractivity contribution in [3.63, 3.8) is 0 Å². The molecule has 2 heteroatoms. The summed E-state index contributed by atoms with van der Waals surface area (Å²) in [5.74, 6) is 1.96. The highest BCUT2D eigenvalue weighted by Gasteiger charge is 2.33. The van der Waals surface area contributed by atoms with Crippen LogP contribution in [0.5, 0.6) is 5.75 Å². The van der Waals surface area contributed by atoms with Crippen LogP contribution in [0.1, 0.15) is 56.6 Å². The molecule has 2 nitrogen and oxygen atoms in total. The third kappa shape index (κ3) is 2.51. The number of fused-ring (bicyclic) bond motifs is 1. The largest absolute Gasteiger partial charge is 0.493 e. The molecule has 0 atom stereocenters. The smallest absolute Gasteiger partial charge is 0.122 e. The van der Waals surface area contributed by atoms with Gasteiger partial charge in [0, 0.05) is 12.0 Å². The van der Waals surface area contributed by atoms with Gasteiger partial charge in [0.1, 0.15) is 5.75 Å². The van der Waals surface area contributed by atoms with E-state index in [1.54, 1.807) is 0 Å². The molecular weight excluding hydrogens is 234 g/mol. The number of rotatable bonds is 3. The van der Waals surface area contributed by atoms with Gasteiger partial charge in [0.25, 0.3) is 0 Å². The number of hydrogen-bond donors (Lipinski definition) is 1. The van der Waals surface area contributed by atoms with E-state index in [-0.39, 0.29) is 5.54 Å². The van der Waals surface area contributed by atoms with Gasteiger partial charge in [0.2, 0.25) is 0 Å². The topological polar surface area (TPSA) is 35.2 Å². The van der Waals surface area contributed by atoms with Crippen LogP contribution in [0.3, 0.4) is 0 Å². The van der Waals surface area contributed by atoms with E-state index in [9.17, 15) is 0 Å². The molecule has 2 N–H and O–H groups in total. The van der Waals surface area contributed by atoms with Crippen LogP contribution in [0.25, 0.3) is 0 Å². The monoisotopic (exact) mass is 259 g/mol. The Morgan fingerprint density at radius 2 is 2.11 bits per heavy atom. The summed E-state index contributed by atoms with van der Waals surface area (Å²) < 4.78 is 5.58. The number of ether oxygens (including phenoxy) is 1. The molecule has 1 fully saturated rings. The Labute approximate surface area is 116 Å². The minimum atomic E-state index is -0.0954. The predicted octanol–water partition coefficient (Wildman–Crippen LogP) is 3.77. The summed E-state index contributed by atoms with van der Waals surface area (Å²) in [6, 6.07) is 6.59. The molecule has 0 unspecified atom stereocenters. The van der Waals surface area contributed by atoms with Crippen LogP contribution in [0, 0.1) is 5.92 Å². The molecule has 0 radical (unpaired) electrons. The zero-order valence-corrected chi connectivity index (χ0v) is 12.0. The Kier molecular flexibility index (Phi) is 3.53. The lowest BCUT2D eigenvalue weighted by Gasteiger charge is -2.38. The summed E-state index contributed by atoms with van der Waals surface area (Å²) in [6.07, 6.45) is 8.56. The van der Waals surface area contributed by atoms with Crippen LogP contribution in [0.2, 0.25) is 0 Å². The van der Waals surface area contributed by atoms with E-state index >= 15 is 0 Å². The molecule has 104 valence electrons. The molecule has 2 aliphatic rings. The van der Waals surface area contributed by atoms with Crippen molar-refractivity contribution in [3.8, 4) is 5.75 Å². The molecule has 19 heavy (non-hydrogen) atoms. The highest BCUT2D eigenvalue weighted by molar-refractivity contribution is 5.42. The SMILES string of the molecule is CCCC1CCC(N)(c2ccc3c(c2)CCO3)CC1. The van der Waals surface area contributed by atoms with Crippen molar-refractivity contribution in [1.29, 1.82) is 0 Å². The summed E-state index contributed by atoms with van der Waals surface area (Å²) in [5.41, 5.74) is 9.27. The first-order valence-electron chi connectivity index (χ1n) is 7.76. The van der Waals surface area contributed by atoms with Crippen molar-refractivity contribution in [3.05, 3.63) is 29.3 Å². The summed E-state index contributed by atoms with van der Waals surface area (Å²) in [7, 11) is 0. The lowest BCUT2D eigenvalue weighted by Crippen LogP contribution is -2.40. The summed E-state index contributed by atoms with van der Waals surface area (Å²) >= 11 is 0. The van der Waals surface area contributed by atoms with E-state index in [4.69, 9.17) is 10.5 Å². The van der Waals surface area contributed by atoms with Crippen molar-refractivity contribution >= 4 is 0 Å². The van der Waals surface area contributed by atoms with E-state index in [0.29, 0.717) is 0 Å². The molecule has 3 rings (SSSR count). The zero-order chi connectivity index (χ0) is 13.3. The number of nitrogens with two attached hydrogens (primary N) is 1. The Balaban J connectivity index is 1.75. The van der Waals surface area contributed by atoms with Crippen LogP contribution in [-0.2, 0) is 12.0 Å². The Hall–Kier alpha value is -1.02. The molecule has 1 aromatic rings. The minimum absolute atomic E-state index is 0.0954. The minimum Gasteiger partial charge on any atom is -0.493 e. The lowest BCUT2D eigenvalue weighted by atomic mass is 9.72. The number of hydrogen-bond acceptors (Lipinski definition) is 2. The Morgan fingerprint density at radius 1 is 1.32 bits per heavy atom. The van der Waals surface area contributed by atoms with Gasteiger partial charge < -0.3 is 10.5 Å². The second kappa shape index (κ2) is 5.16. The molecule has 1 aliphatic carbocycles. The average Bonchev–Trinajstić information content (AvgIpc) is 2.89. The van der Waals surface area contributed by atoms with Gasteiger partial charge in [-0.1, -0.05) is 31.9 Å². The highest BCUT2D eigenvalue weighted by atomic mass is 16.5. The first-order valence-corrected chi connectivity index (χ1v) is 7.76. The fraction of sp³-hybridized carbons (Fsp3) is 0.647. The molecule has 0 bridgehead atoms. The van der Waals surface area contributed by atoms with Crippen LogP contribution in [0.15, 0.2) is 18.2 Å². The Morgan fingerprint density at radius 3 is 2.84 bits per heavy atom. The quantitative estimate of drug-likeness (QED) is 0.897. The molecular formula is C17H25NO. The standard InChI is InChI=1S/C17H25NO/c1-2-3-13-6-9-17(18,10-7-13)15-4-5-16-14(12-15)8-11-19-16/h4-5,12-13H,2-3,6-11,18H2,1H3. The van der Waals surface area contributed by atoms with Crippen molar-refractivity contribution < 1.29 is 4.74 Å². The van der Waals surface area contributed by atoms with E-state index in [1.165, 1.54) is 36.8 Å². The Bertz CT molecular complexity index is 447. The van der Waals surface area contributed by atoms with Gasteiger partial charge in [-0.15, -0.1) is 0 Å². The predicted molar refractivity (Wildman–Crippen MR) is 78.4 cm³/mol. The first-order chi connectivity index (χ1) is 9.21. The van der Waals surface area contributed by atoms with Crippen molar-refractivity contribution in [2.45, 2.75) is 57.4 Å². The fourth-order valence-corrected chi connectivity index (χ4v) is 3.67. The summed E-state index contributed by atoms with van der Waals surface area (Å²) in [6.45, 7) is 3.11. The van der Waals surface area contributed by atoms with Crippen molar-refractivity contribution in [2.24, 2.45) is 11.7 Å². The molecule has 0 aromatic heterocycles. The van der Waals surface area contributed by atoms with Gasteiger partial charge >= 0.3 is 0 Å². The first kappa shape index (κ1) is 13.0. The highest BCUT2D eigenvalue weighted by Crippen LogP contribution is 2.40. The van der Waals surface area contributed by atoms with Crippen LogP contribution in [0.4, 0.5) is 0 Å². The average molecular weight is 259 g/mol. The molecule has 0 amide bonds. The second-order valence-electron chi connectivity index (χ2n) is 6.31. The third-order valence-corrected chi connectivity index (χ3v) is 4.96. The van der Waals surface area contributed by atoms with E-state index in [0.717, 1.165) is 37.5 Å². The maximum atomic E-state index is 6.69. The third-order valence-electron chi connectivity index (χ3n) is 4.96. The maximum Gasteiger partial charge on any atom is 0.122 e. The van der Waals surface area contributed by atoms with Crippen LogP contribution in [-0.4, -0.2) is 6.61 Å². The van der Waals surface area contributed by atoms with E-state index in [2.05, 4.69) is 25.1 Å². The van der Waals surface area contributed by atoms with Crippen molar-refractivity contribution in [2.75, 3.05) is 6.61 Å². The fourth-order valence-electron chi connectivity index (χ4n) is 3.67. The van der Waals surface area contributed by atoms with Gasteiger partial charge in [-0.05, 0) is 48.8 Å². The molecule has 1 saturated carbocycles. The zero-order valence-electron chi connectivity index (χ0n) is 12.0. The summed E-state index contributed by atoms with van der Waals surface area (Å²) in [4.78, 5) is 0. The van der Waals surface area contributed by atoms with E-state index < -0.39 is 0 Å². The van der Waals surface area contributed by atoms with Gasteiger partial charge in [0.05, 0.1) is 6.61 Å². The van der Waals surface area contributed by atoms with Crippen molar-refractivity contribution in [1.82, 2.24) is 0 Å². The van der Waals surface area contributed by atoms with Crippen LogP contribution < -0.4 is 10.5 Å². The van der Waals surface area contributed by atoms with E-state index in [1.807, 2.05) is 0 Å². The molecule has 0 spiro atoms. The molecule has 1 aromatic carbocycles. The van der Waals surface area contributed by atoms with Gasteiger partial charge in [-0.2, -0.15) is 0 Å². The molecule has 1 aliphatic heterocycles. The molecule has 0 saturated heterocycles. The maximum absolute atomic E-state index is 6.69. The van der Waals surface area contributed by atoms with Gasteiger partial charge in [-0.3, -0.25) is 0 Å². The van der Waals surface area contributed by atoms with Gasteiger partial charge in [0.15, 0.2) is 0 Å². The molecule has 1 heterocycles. The lowest BCUT2D eigenvalue weighted by molar-refractivity contribution is 0.226. The van der Waals surface area contributed by atoms with Gasteiger partial charge in [-0.25, -0.2) is 0 Å². The summed E-state index contributed by atoms with van der Waals surface area (Å²) in [5, 5.41) is 0. The number of benzene rings is 1. The normalized spacial score (nSPS) is 29.9.